The van der Waals surface area contributed by atoms with Gasteiger partial charge in [0.15, 0.2) is 0 Å². The largest absolute Gasteiger partial charge is 0.257 e. The molecule has 26 heavy (non-hydrogen) atoms. The Morgan fingerprint density at radius 3 is 1.54 bits per heavy atom. The molecule has 0 aliphatic carbocycles. The molecule has 5 aromatic rings. The zero-order valence-corrected chi connectivity index (χ0v) is 15.6. The van der Waals surface area contributed by atoms with Gasteiger partial charge in [-0.25, -0.2) is 9.97 Å². The van der Waals surface area contributed by atoms with Crippen molar-refractivity contribution >= 4 is 43.1 Å². The average Bonchev–Trinajstić information content (AvgIpc) is 3.24. The van der Waals surface area contributed by atoms with Gasteiger partial charge in [-0.15, -0.1) is 22.7 Å². The smallest absolute Gasteiger partial charge is 0.0998 e. The Hall–Kier alpha value is -2.63. The van der Waals surface area contributed by atoms with Gasteiger partial charge in [0.25, 0.3) is 0 Å². The van der Waals surface area contributed by atoms with Crippen molar-refractivity contribution in [2.75, 3.05) is 0 Å². The van der Waals surface area contributed by atoms with E-state index in [0.717, 1.165) is 45.3 Å². The van der Waals surface area contributed by atoms with Crippen molar-refractivity contribution in [2.45, 2.75) is 12.8 Å². The van der Waals surface area contributed by atoms with Crippen molar-refractivity contribution < 1.29 is 0 Å². The van der Waals surface area contributed by atoms with Crippen molar-refractivity contribution in [1.82, 2.24) is 15.0 Å². The molecular formula is C21H15N3S2. The fourth-order valence-electron chi connectivity index (χ4n) is 3.03. The minimum atomic E-state index is 0.771. The molecule has 3 aromatic heterocycles. The van der Waals surface area contributed by atoms with E-state index in [0.29, 0.717) is 0 Å². The van der Waals surface area contributed by atoms with E-state index in [9.17, 15) is 0 Å². The van der Waals surface area contributed by atoms with Crippen LogP contribution in [0.15, 0.2) is 66.7 Å². The fraction of sp³-hybridized carbons (Fsp3) is 0.0952. The Balaban J connectivity index is 1.39. The first-order valence-corrected chi connectivity index (χ1v) is 10.1. The summed E-state index contributed by atoms with van der Waals surface area (Å²) in [6.07, 6.45) is 1.54. The lowest BCUT2D eigenvalue weighted by Gasteiger charge is -2.01. The molecule has 0 N–H and O–H groups in total. The Morgan fingerprint density at radius 2 is 1.04 bits per heavy atom. The Morgan fingerprint density at radius 1 is 0.538 bits per heavy atom. The Bertz CT molecular complexity index is 1050. The summed E-state index contributed by atoms with van der Waals surface area (Å²) in [5.41, 5.74) is 4.25. The van der Waals surface area contributed by atoms with Crippen molar-refractivity contribution in [3.63, 3.8) is 0 Å². The summed E-state index contributed by atoms with van der Waals surface area (Å²) in [5.74, 6) is 0. The van der Waals surface area contributed by atoms with E-state index < -0.39 is 0 Å². The van der Waals surface area contributed by atoms with Crippen LogP contribution in [-0.4, -0.2) is 15.0 Å². The number of pyridine rings is 1. The van der Waals surface area contributed by atoms with Gasteiger partial charge >= 0.3 is 0 Å². The average molecular weight is 374 g/mol. The molecular weight excluding hydrogens is 358 g/mol. The highest BCUT2D eigenvalue weighted by Gasteiger charge is 2.08. The maximum Gasteiger partial charge on any atom is 0.0998 e. The van der Waals surface area contributed by atoms with E-state index in [1.165, 1.54) is 9.40 Å². The zero-order valence-electron chi connectivity index (χ0n) is 13.9. The summed E-state index contributed by atoms with van der Waals surface area (Å²) < 4.78 is 2.46. The highest BCUT2D eigenvalue weighted by Crippen LogP contribution is 2.25. The molecule has 0 aliphatic heterocycles. The van der Waals surface area contributed by atoms with Gasteiger partial charge < -0.3 is 0 Å². The molecule has 2 aromatic carbocycles. The maximum atomic E-state index is 4.84. The molecule has 0 spiro atoms. The lowest BCUT2D eigenvalue weighted by atomic mass is 10.2. The Labute approximate surface area is 159 Å². The molecule has 0 radical (unpaired) electrons. The second-order valence-electron chi connectivity index (χ2n) is 6.12. The van der Waals surface area contributed by atoms with Crippen molar-refractivity contribution in [2.24, 2.45) is 0 Å². The topological polar surface area (TPSA) is 38.7 Å². The van der Waals surface area contributed by atoms with E-state index in [4.69, 9.17) is 15.0 Å². The van der Waals surface area contributed by atoms with Crippen molar-refractivity contribution in [1.29, 1.82) is 0 Å². The van der Waals surface area contributed by atoms with E-state index in [-0.39, 0.29) is 0 Å². The van der Waals surface area contributed by atoms with Crippen LogP contribution in [0, 0.1) is 0 Å². The number of fused-ring (bicyclic) bond motifs is 2. The molecule has 0 saturated heterocycles. The normalized spacial score (nSPS) is 11.4. The van der Waals surface area contributed by atoms with E-state index in [2.05, 4.69) is 54.6 Å². The number of benzene rings is 2. The minimum Gasteiger partial charge on any atom is -0.257 e. The summed E-state index contributed by atoms with van der Waals surface area (Å²) in [4.78, 5) is 14.3. The van der Waals surface area contributed by atoms with Gasteiger partial charge in [-0.2, -0.15) is 0 Å². The molecule has 0 fully saturated rings. The SMILES string of the molecule is c1cc(Cc2nc3ccccc3s2)nc(Cc2nc3ccccc3s2)c1. The summed E-state index contributed by atoms with van der Waals surface area (Å²) in [7, 11) is 0. The van der Waals surface area contributed by atoms with E-state index >= 15 is 0 Å². The second kappa shape index (κ2) is 6.59. The fourth-order valence-corrected chi connectivity index (χ4v) is 4.99. The quantitative estimate of drug-likeness (QED) is 0.418. The number of para-hydroxylation sites is 2. The number of aromatic nitrogens is 3. The molecule has 3 heterocycles. The lowest BCUT2D eigenvalue weighted by Crippen LogP contribution is -1.97. The van der Waals surface area contributed by atoms with Crippen LogP contribution >= 0.6 is 22.7 Å². The standard InChI is InChI=1S/C21H15N3S2/c1-3-10-18-16(8-1)23-20(25-18)12-14-6-5-7-15(22-14)13-21-24-17-9-2-4-11-19(17)26-21/h1-11H,12-13H2. The predicted octanol–water partition coefficient (Wildman–Crippen LogP) is 5.48. The molecule has 0 amide bonds. The van der Waals surface area contributed by atoms with Gasteiger partial charge in [0, 0.05) is 24.2 Å². The molecule has 3 nitrogen and oxygen atoms in total. The van der Waals surface area contributed by atoms with Gasteiger partial charge in [0.2, 0.25) is 0 Å². The molecule has 0 unspecified atom stereocenters. The van der Waals surface area contributed by atoms with Gasteiger partial charge in [0.05, 0.1) is 30.4 Å². The van der Waals surface area contributed by atoms with Gasteiger partial charge in [-0.1, -0.05) is 30.3 Å². The van der Waals surface area contributed by atoms with Gasteiger partial charge in [-0.3, -0.25) is 4.98 Å². The van der Waals surface area contributed by atoms with Crippen LogP contribution in [0.5, 0.6) is 0 Å². The van der Waals surface area contributed by atoms with E-state index in [1.54, 1.807) is 22.7 Å². The highest BCUT2D eigenvalue weighted by molar-refractivity contribution is 7.18. The third-order valence-corrected chi connectivity index (χ3v) is 6.28. The molecule has 5 heteroatoms. The van der Waals surface area contributed by atoms with Crippen LogP contribution in [0.4, 0.5) is 0 Å². The predicted molar refractivity (Wildman–Crippen MR) is 109 cm³/mol. The first kappa shape index (κ1) is 15.6. The van der Waals surface area contributed by atoms with Crippen LogP contribution in [0.1, 0.15) is 21.4 Å². The van der Waals surface area contributed by atoms with Crippen LogP contribution < -0.4 is 0 Å². The minimum absolute atomic E-state index is 0.771. The van der Waals surface area contributed by atoms with Gasteiger partial charge in [0.1, 0.15) is 0 Å². The monoisotopic (exact) mass is 373 g/mol. The second-order valence-corrected chi connectivity index (χ2v) is 8.35. The van der Waals surface area contributed by atoms with Crippen LogP contribution in [0.2, 0.25) is 0 Å². The third-order valence-electron chi connectivity index (χ3n) is 4.21. The summed E-state index contributed by atoms with van der Waals surface area (Å²) >= 11 is 3.49. The Kier molecular flexibility index (Phi) is 3.96. The van der Waals surface area contributed by atoms with Crippen molar-refractivity contribution in [3.05, 3.63) is 88.1 Å². The molecule has 0 bridgehead atoms. The number of thiazole rings is 2. The highest BCUT2D eigenvalue weighted by atomic mass is 32.1. The van der Waals surface area contributed by atoms with E-state index in [1.807, 2.05) is 12.1 Å². The molecule has 5 rings (SSSR count). The number of nitrogens with zero attached hydrogens (tertiary/aromatic N) is 3. The first-order valence-electron chi connectivity index (χ1n) is 8.47. The summed E-state index contributed by atoms with van der Waals surface area (Å²) in [6, 6.07) is 22.8. The summed E-state index contributed by atoms with van der Waals surface area (Å²) in [6.45, 7) is 0. The van der Waals surface area contributed by atoms with Gasteiger partial charge in [-0.05, 0) is 36.4 Å². The molecule has 0 aliphatic rings. The first-order chi connectivity index (χ1) is 12.8. The number of hydrogen-bond donors (Lipinski definition) is 0. The zero-order chi connectivity index (χ0) is 17.3. The van der Waals surface area contributed by atoms with Crippen LogP contribution in [-0.2, 0) is 12.8 Å². The number of hydrogen-bond acceptors (Lipinski definition) is 5. The summed E-state index contributed by atoms with van der Waals surface area (Å²) in [5, 5.41) is 2.21. The lowest BCUT2D eigenvalue weighted by molar-refractivity contribution is 0.981. The molecule has 126 valence electrons. The maximum absolute atomic E-state index is 4.84. The molecule has 0 saturated carbocycles. The molecule has 0 atom stereocenters. The van der Waals surface area contributed by atoms with Crippen molar-refractivity contribution in [3.8, 4) is 0 Å². The number of rotatable bonds is 4. The van der Waals surface area contributed by atoms with Crippen LogP contribution in [0.25, 0.3) is 20.4 Å². The van der Waals surface area contributed by atoms with Crippen LogP contribution in [0.3, 0.4) is 0 Å². The third kappa shape index (κ3) is 3.11.